The van der Waals surface area contributed by atoms with Crippen molar-refractivity contribution in [2.24, 2.45) is 11.7 Å². The van der Waals surface area contributed by atoms with Crippen LogP contribution in [0, 0.1) is 5.92 Å². The summed E-state index contributed by atoms with van der Waals surface area (Å²) in [4.78, 5) is 23.3. The minimum atomic E-state index is -0.666. The number of carbonyl (C=O) groups is 2. The number of methoxy groups -OCH3 is 1. The number of hydrogen-bond donors (Lipinski definition) is 2. The quantitative estimate of drug-likeness (QED) is 0.824. The van der Waals surface area contributed by atoms with Crippen LogP contribution in [0.5, 0.6) is 5.75 Å². The molecule has 0 heterocycles. The number of primary amides is 1. The van der Waals surface area contributed by atoms with Crippen LogP contribution < -0.4 is 15.8 Å². The molecule has 1 atom stereocenters. The molecule has 0 unspecified atom stereocenters. The Bertz CT molecular complexity index is 503. The van der Waals surface area contributed by atoms with E-state index in [4.69, 9.17) is 10.5 Å². The normalized spacial score (nSPS) is 12.1. The maximum absolute atomic E-state index is 12.0. The molecule has 1 aromatic carbocycles. The Morgan fingerprint density at radius 3 is 2.55 bits per heavy atom. The van der Waals surface area contributed by atoms with Gasteiger partial charge in [-0.3, -0.25) is 9.59 Å². The SMILES string of the molecule is COc1ccc(Br)cc1CC(=O)N[C@@H](C(N)=O)C(C)C. The summed E-state index contributed by atoms with van der Waals surface area (Å²) in [5.41, 5.74) is 6.02. The highest BCUT2D eigenvalue weighted by Gasteiger charge is 2.22. The highest BCUT2D eigenvalue weighted by molar-refractivity contribution is 9.10. The Balaban J connectivity index is 2.80. The van der Waals surface area contributed by atoms with Crippen LogP contribution in [0.4, 0.5) is 0 Å². The molecule has 0 aliphatic rings. The third kappa shape index (κ3) is 4.52. The second kappa shape index (κ2) is 7.28. The third-order valence-corrected chi connectivity index (χ3v) is 3.38. The van der Waals surface area contributed by atoms with E-state index in [0.29, 0.717) is 5.75 Å². The fourth-order valence-electron chi connectivity index (χ4n) is 1.85. The van der Waals surface area contributed by atoms with Gasteiger partial charge < -0.3 is 15.8 Å². The number of nitrogens with two attached hydrogens (primary N) is 1. The number of ether oxygens (including phenoxy) is 1. The monoisotopic (exact) mass is 342 g/mol. The second-order valence-corrected chi connectivity index (χ2v) is 5.74. The van der Waals surface area contributed by atoms with Crippen molar-refractivity contribution < 1.29 is 14.3 Å². The Kier molecular flexibility index (Phi) is 6.01. The van der Waals surface area contributed by atoms with Crippen molar-refractivity contribution in [1.29, 1.82) is 0 Å². The molecule has 20 heavy (non-hydrogen) atoms. The van der Waals surface area contributed by atoms with Crippen LogP contribution in [0.3, 0.4) is 0 Å². The Morgan fingerprint density at radius 2 is 2.05 bits per heavy atom. The summed E-state index contributed by atoms with van der Waals surface area (Å²) in [6, 6.07) is 4.76. The van der Waals surface area contributed by atoms with Crippen molar-refractivity contribution in [3.8, 4) is 5.75 Å². The molecule has 3 N–H and O–H groups in total. The molecule has 0 bridgehead atoms. The van der Waals surface area contributed by atoms with Crippen molar-refractivity contribution >= 4 is 27.7 Å². The van der Waals surface area contributed by atoms with Crippen molar-refractivity contribution in [3.63, 3.8) is 0 Å². The lowest BCUT2D eigenvalue weighted by atomic mass is 10.0. The number of halogens is 1. The maximum Gasteiger partial charge on any atom is 0.240 e. The smallest absolute Gasteiger partial charge is 0.240 e. The zero-order valence-electron chi connectivity index (χ0n) is 11.8. The summed E-state index contributed by atoms with van der Waals surface area (Å²) >= 11 is 3.35. The van der Waals surface area contributed by atoms with Crippen LogP contribution in [0.15, 0.2) is 22.7 Å². The van der Waals surface area contributed by atoms with Crippen LogP contribution in [0.25, 0.3) is 0 Å². The first-order valence-electron chi connectivity index (χ1n) is 6.26. The Morgan fingerprint density at radius 1 is 1.40 bits per heavy atom. The van der Waals surface area contributed by atoms with E-state index in [9.17, 15) is 9.59 Å². The Hall–Kier alpha value is -1.56. The van der Waals surface area contributed by atoms with E-state index >= 15 is 0 Å². The molecule has 2 amide bonds. The van der Waals surface area contributed by atoms with E-state index < -0.39 is 11.9 Å². The van der Waals surface area contributed by atoms with Gasteiger partial charge in [0.2, 0.25) is 11.8 Å². The molecule has 0 saturated heterocycles. The van der Waals surface area contributed by atoms with Gasteiger partial charge in [0, 0.05) is 10.0 Å². The van der Waals surface area contributed by atoms with Crippen LogP contribution in [-0.4, -0.2) is 25.0 Å². The lowest BCUT2D eigenvalue weighted by molar-refractivity contribution is -0.128. The predicted molar refractivity (Wildman–Crippen MR) is 80.4 cm³/mol. The summed E-state index contributed by atoms with van der Waals surface area (Å²) in [6.45, 7) is 3.66. The lowest BCUT2D eigenvalue weighted by Gasteiger charge is -2.19. The van der Waals surface area contributed by atoms with Crippen LogP contribution >= 0.6 is 15.9 Å². The standard InChI is InChI=1S/C14H19BrN2O3/c1-8(2)13(14(16)19)17-12(18)7-9-6-10(15)4-5-11(9)20-3/h4-6,8,13H,7H2,1-3H3,(H2,16,19)(H,17,18)/t13-/m1/s1. The summed E-state index contributed by atoms with van der Waals surface area (Å²) in [5.74, 6) is -0.224. The Labute approximate surface area is 127 Å². The highest BCUT2D eigenvalue weighted by Crippen LogP contribution is 2.23. The minimum absolute atomic E-state index is 0.0548. The average molecular weight is 343 g/mol. The molecule has 0 aliphatic heterocycles. The topological polar surface area (TPSA) is 81.4 Å². The van der Waals surface area contributed by atoms with Gasteiger partial charge in [0.15, 0.2) is 0 Å². The molecule has 0 fully saturated rings. The van der Waals surface area contributed by atoms with Crippen molar-refractivity contribution in [2.45, 2.75) is 26.3 Å². The first-order valence-corrected chi connectivity index (χ1v) is 7.05. The van der Waals surface area contributed by atoms with Gasteiger partial charge in [0.25, 0.3) is 0 Å². The molecule has 1 rings (SSSR count). The minimum Gasteiger partial charge on any atom is -0.496 e. The van der Waals surface area contributed by atoms with Gasteiger partial charge in [0.1, 0.15) is 11.8 Å². The number of hydrogen-bond acceptors (Lipinski definition) is 3. The predicted octanol–water partition coefficient (Wildman–Crippen LogP) is 1.63. The van der Waals surface area contributed by atoms with Crippen molar-refractivity contribution in [3.05, 3.63) is 28.2 Å². The van der Waals surface area contributed by atoms with Gasteiger partial charge in [0.05, 0.1) is 13.5 Å². The number of amides is 2. The third-order valence-electron chi connectivity index (χ3n) is 2.88. The second-order valence-electron chi connectivity index (χ2n) is 4.82. The van der Waals surface area contributed by atoms with E-state index in [-0.39, 0.29) is 18.2 Å². The number of benzene rings is 1. The summed E-state index contributed by atoms with van der Waals surface area (Å²) < 4.78 is 6.07. The number of nitrogens with one attached hydrogen (secondary N) is 1. The number of carbonyl (C=O) groups excluding carboxylic acids is 2. The van der Waals surface area contributed by atoms with Crippen LogP contribution in [-0.2, 0) is 16.0 Å². The maximum atomic E-state index is 12.0. The molecule has 0 aromatic heterocycles. The zero-order chi connectivity index (χ0) is 15.3. The number of rotatable bonds is 6. The molecular formula is C14H19BrN2O3. The van der Waals surface area contributed by atoms with E-state index in [0.717, 1.165) is 10.0 Å². The van der Waals surface area contributed by atoms with Gasteiger partial charge in [-0.05, 0) is 24.1 Å². The van der Waals surface area contributed by atoms with Gasteiger partial charge in [-0.2, -0.15) is 0 Å². The first kappa shape index (κ1) is 16.5. The molecule has 110 valence electrons. The summed E-state index contributed by atoms with van der Waals surface area (Å²) in [6.07, 6.45) is 0.124. The molecular weight excluding hydrogens is 324 g/mol. The molecule has 0 spiro atoms. The van der Waals surface area contributed by atoms with Gasteiger partial charge in [-0.15, -0.1) is 0 Å². The molecule has 0 saturated carbocycles. The zero-order valence-corrected chi connectivity index (χ0v) is 13.4. The fraction of sp³-hybridized carbons (Fsp3) is 0.429. The largest absolute Gasteiger partial charge is 0.496 e. The molecule has 0 aliphatic carbocycles. The van der Waals surface area contributed by atoms with Gasteiger partial charge >= 0.3 is 0 Å². The molecule has 5 nitrogen and oxygen atoms in total. The fourth-order valence-corrected chi connectivity index (χ4v) is 2.26. The van der Waals surface area contributed by atoms with E-state index in [1.807, 2.05) is 26.0 Å². The lowest BCUT2D eigenvalue weighted by Crippen LogP contribution is -2.48. The molecule has 0 radical (unpaired) electrons. The van der Waals surface area contributed by atoms with Gasteiger partial charge in [-0.25, -0.2) is 0 Å². The van der Waals surface area contributed by atoms with E-state index in [1.165, 1.54) is 0 Å². The highest BCUT2D eigenvalue weighted by atomic mass is 79.9. The van der Waals surface area contributed by atoms with E-state index in [1.54, 1.807) is 13.2 Å². The van der Waals surface area contributed by atoms with E-state index in [2.05, 4.69) is 21.2 Å². The summed E-state index contributed by atoms with van der Waals surface area (Å²) in [7, 11) is 1.55. The molecule has 6 heteroatoms. The summed E-state index contributed by atoms with van der Waals surface area (Å²) in [5, 5.41) is 2.65. The van der Waals surface area contributed by atoms with Crippen LogP contribution in [0.1, 0.15) is 19.4 Å². The van der Waals surface area contributed by atoms with Crippen molar-refractivity contribution in [2.75, 3.05) is 7.11 Å². The van der Waals surface area contributed by atoms with Gasteiger partial charge in [-0.1, -0.05) is 29.8 Å². The van der Waals surface area contributed by atoms with Crippen molar-refractivity contribution in [1.82, 2.24) is 5.32 Å². The molecule has 1 aromatic rings. The first-order chi connectivity index (χ1) is 9.35. The average Bonchev–Trinajstić information content (AvgIpc) is 2.35. The van der Waals surface area contributed by atoms with Crippen LogP contribution in [0.2, 0.25) is 0 Å².